The minimum Gasteiger partial charge on any atom is -0.457 e. The predicted octanol–water partition coefficient (Wildman–Crippen LogP) is 5.68. The zero-order chi connectivity index (χ0) is 13.7. The molecule has 100 valence electrons. The summed E-state index contributed by atoms with van der Waals surface area (Å²) < 4.78 is 5.71. The van der Waals surface area contributed by atoms with Gasteiger partial charge in [-0.3, -0.25) is 0 Å². The largest absolute Gasteiger partial charge is 0.457 e. The van der Waals surface area contributed by atoms with Crippen molar-refractivity contribution in [3.8, 4) is 11.5 Å². The van der Waals surface area contributed by atoms with E-state index in [1.807, 2.05) is 54.6 Å². The van der Waals surface area contributed by atoms with Crippen LogP contribution >= 0.6 is 33.2 Å². The maximum Gasteiger partial charge on any atom is 0.341 e. The van der Waals surface area contributed by atoms with Gasteiger partial charge in [-0.25, -0.2) is 0 Å². The molecule has 0 amide bonds. The molecule has 5 heteroatoms. The Balaban J connectivity index is 1.95. The van der Waals surface area contributed by atoms with Crippen LogP contribution in [0.1, 0.15) is 5.56 Å². The topological polar surface area (TPSA) is 9.23 Å². The third-order valence-corrected chi connectivity index (χ3v) is 5.12. The van der Waals surface area contributed by atoms with Gasteiger partial charge in [-0.05, 0) is 42.3 Å². The van der Waals surface area contributed by atoms with E-state index in [0.29, 0.717) is 6.04 Å². The van der Waals surface area contributed by atoms with Crippen LogP contribution in [-0.2, 0) is 6.42 Å². The van der Waals surface area contributed by atoms with Crippen LogP contribution in [0.25, 0.3) is 0 Å². The number of hydrogen-bond donors (Lipinski definition) is 0. The van der Waals surface area contributed by atoms with Crippen molar-refractivity contribution in [2.45, 2.75) is 12.5 Å². The van der Waals surface area contributed by atoms with Crippen LogP contribution in [0.4, 0.5) is 0 Å². The Bertz CT molecular complexity index is 508. The molecule has 2 aromatic carbocycles. The molecule has 0 aliphatic rings. The Morgan fingerprint density at radius 2 is 1.37 bits per heavy atom. The van der Waals surface area contributed by atoms with Crippen LogP contribution in [0.3, 0.4) is 0 Å². The van der Waals surface area contributed by atoms with E-state index in [4.69, 9.17) is 38.0 Å². The standard InChI is InChI=1S/C14H13Cl3OSi/c15-19(16,17)11-10-12-6-8-14(9-7-12)18-13-4-2-1-3-5-13/h1-9H,10-11H2. The molecule has 0 radical (unpaired) electrons. The summed E-state index contributed by atoms with van der Waals surface area (Å²) in [4.78, 5) is 0. The zero-order valence-corrected chi connectivity index (χ0v) is 13.4. The number of benzene rings is 2. The molecule has 0 aromatic heterocycles. The van der Waals surface area contributed by atoms with Crippen LogP contribution in [0.5, 0.6) is 11.5 Å². The van der Waals surface area contributed by atoms with E-state index >= 15 is 0 Å². The number of ether oxygens (including phenoxy) is 1. The van der Waals surface area contributed by atoms with E-state index in [1.54, 1.807) is 0 Å². The Morgan fingerprint density at radius 1 is 0.789 bits per heavy atom. The molecule has 1 nitrogen and oxygen atoms in total. The average molecular weight is 332 g/mol. The SMILES string of the molecule is Cl[Si](Cl)(Cl)CCc1ccc(Oc2ccccc2)cc1. The third-order valence-electron chi connectivity index (χ3n) is 2.60. The molecule has 0 aliphatic carbocycles. The van der Waals surface area contributed by atoms with Crippen molar-refractivity contribution in [3.05, 3.63) is 60.2 Å². The quantitative estimate of drug-likeness (QED) is 0.506. The van der Waals surface area contributed by atoms with Gasteiger partial charge in [-0.15, -0.1) is 33.2 Å². The highest BCUT2D eigenvalue weighted by atomic mass is 35.8. The predicted molar refractivity (Wildman–Crippen MR) is 84.8 cm³/mol. The van der Waals surface area contributed by atoms with Crippen LogP contribution in [0.15, 0.2) is 54.6 Å². The first-order chi connectivity index (χ1) is 9.03. The van der Waals surface area contributed by atoms with Crippen molar-refractivity contribution in [1.82, 2.24) is 0 Å². The Hall–Kier alpha value is -0.673. The molecule has 0 N–H and O–H groups in total. The minimum absolute atomic E-state index is 0.635. The van der Waals surface area contributed by atoms with Crippen LogP contribution in [-0.4, -0.2) is 6.00 Å². The fourth-order valence-electron chi connectivity index (χ4n) is 1.63. The van der Waals surface area contributed by atoms with E-state index in [1.165, 1.54) is 0 Å². The summed E-state index contributed by atoms with van der Waals surface area (Å²) in [5, 5.41) is 0. The van der Waals surface area contributed by atoms with E-state index in [0.717, 1.165) is 23.5 Å². The summed E-state index contributed by atoms with van der Waals surface area (Å²) in [7, 11) is 0. The zero-order valence-electron chi connectivity index (χ0n) is 10.2. The first kappa shape index (κ1) is 14.7. The fraction of sp³-hybridized carbons (Fsp3) is 0.143. The van der Waals surface area contributed by atoms with Gasteiger partial charge in [0.15, 0.2) is 0 Å². The van der Waals surface area contributed by atoms with Gasteiger partial charge in [0.25, 0.3) is 0 Å². The summed E-state index contributed by atoms with van der Waals surface area (Å²) in [5.74, 6) is 1.63. The number of rotatable bonds is 5. The van der Waals surface area contributed by atoms with Gasteiger partial charge in [-0.1, -0.05) is 30.3 Å². The normalized spacial score (nSPS) is 11.3. The molecule has 0 heterocycles. The van der Waals surface area contributed by atoms with Gasteiger partial charge in [0.05, 0.1) is 0 Å². The van der Waals surface area contributed by atoms with Crippen LogP contribution in [0.2, 0.25) is 6.04 Å². The molecule has 0 saturated heterocycles. The Labute approximate surface area is 128 Å². The van der Waals surface area contributed by atoms with Crippen molar-refractivity contribution in [2.24, 2.45) is 0 Å². The van der Waals surface area contributed by atoms with Crippen molar-refractivity contribution in [2.75, 3.05) is 0 Å². The highest BCUT2D eigenvalue weighted by Gasteiger charge is 2.24. The molecular weight excluding hydrogens is 319 g/mol. The molecule has 2 rings (SSSR count). The molecule has 0 aliphatic heterocycles. The van der Waals surface area contributed by atoms with Crippen LogP contribution < -0.4 is 4.74 Å². The molecular formula is C14H13Cl3OSi. The van der Waals surface area contributed by atoms with E-state index in [9.17, 15) is 0 Å². The van der Waals surface area contributed by atoms with E-state index < -0.39 is 6.00 Å². The van der Waals surface area contributed by atoms with Crippen molar-refractivity contribution in [1.29, 1.82) is 0 Å². The van der Waals surface area contributed by atoms with Gasteiger partial charge in [0.1, 0.15) is 11.5 Å². The summed E-state index contributed by atoms with van der Waals surface area (Å²) in [6, 6.07) is 15.7. The highest BCUT2D eigenvalue weighted by Crippen LogP contribution is 2.27. The first-order valence-electron chi connectivity index (χ1n) is 5.91. The van der Waals surface area contributed by atoms with Gasteiger partial charge in [0, 0.05) is 0 Å². The highest BCUT2D eigenvalue weighted by molar-refractivity contribution is 7.64. The third kappa shape index (κ3) is 5.45. The van der Waals surface area contributed by atoms with Crippen molar-refractivity contribution in [3.63, 3.8) is 0 Å². The number of aryl methyl sites for hydroxylation is 1. The minimum atomic E-state index is -2.53. The molecule has 0 unspecified atom stereocenters. The van der Waals surface area contributed by atoms with Crippen molar-refractivity contribution < 1.29 is 4.74 Å². The van der Waals surface area contributed by atoms with Gasteiger partial charge < -0.3 is 4.74 Å². The molecule has 2 aromatic rings. The van der Waals surface area contributed by atoms with E-state index in [-0.39, 0.29) is 0 Å². The summed E-state index contributed by atoms with van der Waals surface area (Å²) in [6.45, 7) is 0. The molecule has 0 saturated carbocycles. The monoisotopic (exact) mass is 330 g/mol. The number of hydrogen-bond acceptors (Lipinski definition) is 1. The summed E-state index contributed by atoms with van der Waals surface area (Å²) >= 11 is 17.6. The lowest BCUT2D eigenvalue weighted by molar-refractivity contribution is 0.482. The second kappa shape index (κ2) is 6.66. The lowest BCUT2D eigenvalue weighted by atomic mass is 10.2. The maximum atomic E-state index is 5.87. The molecule has 0 bridgehead atoms. The van der Waals surface area contributed by atoms with Crippen molar-refractivity contribution >= 4 is 39.2 Å². The van der Waals surface area contributed by atoms with Gasteiger partial charge in [-0.2, -0.15) is 0 Å². The van der Waals surface area contributed by atoms with Crippen LogP contribution in [0, 0.1) is 0 Å². The summed E-state index contributed by atoms with van der Waals surface area (Å²) in [6.07, 6.45) is 0.786. The molecule has 0 atom stereocenters. The Kier molecular flexibility index (Phi) is 5.17. The fourth-order valence-corrected chi connectivity index (χ4v) is 3.06. The second-order valence-electron chi connectivity index (χ2n) is 4.17. The molecule has 0 spiro atoms. The molecule has 19 heavy (non-hydrogen) atoms. The molecule has 0 fully saturated rings. The lowest BCUT2D eigenvalue weighted by Gasteiger charge is -2.09. The summed E-state index contributed by atoms with van der Waals surface area (Å²) in [5.41, 5.74) is 1.15. The Morgan fingerprint density at radius 3 is 1.95 bits per heavy atom. The van der Waals surface area contributed by atoms with E-state index in [2.05, 4.69) is 0 Å². The van der Waals surface area contributed by atoms with Gasteiger partial charge in [0.2, 0.25) is 0 Å². The first-order valence-corrected chi connectivity index (χ1v) is 11.2. The lowest BCUT2D eigenvalue weighted by Crippen LogP contribution is -2.09. The maximum absolute atomic E-state index is 5.87. The smallest absolute Gasteiger partial charge is 0.341 e. The average Bonchev–Trinajstić information content (AvgIpc) is 2.38. The van der Waals surface area contributed by atoms with Gasteiger partial charge >= 0.3 is 6.00 Å². The second-order valence-corrected chi connectivity index (χ2v) is 13.5. The number of halogens is 3. The number of para-hydroxylation sites is 1.